The highest BCUT2D eigenvalue weighted by molar-refractivity contribution is 6.13. The molecule has 2 atom stereocenters. The van der Waals surface area contributed by atoms with Crippen molar-refractivity contribution in [2.45, 2.75) is 71.1 Å². The van der Waals surface area contributed by atoms with Crippen LogP contribution < -0.4 is 10.6 Å². The van der Waals surface area contributed by atoms with Crippen LogP contribution in [0.5, 0.6) is 0 Å². The van der Waals surface area contributed by atoms with Crippen LogP contribution in [0, 0.1) is 5.41 Å². The Labute approximate surface area is 263 Å². The van der Waals surface area contributed by atoms with Gasteiger partial charge in [-0.1, -0.05) is 48.5 Å². The Morgan fingerprint density at radius 1 is 1.04 bits per heavy atom. The number of fused-ring (bicyclic) bond motifs is 2. The first-order valence-electron chi connectivity index (χ1n) is 15.2. The minimum Gasteiger partial charge on any atom is -0.444 e. The first-order chi connectivity index (χ1) is 21.2. The van der Waals surface area contributed by atoms with Gasteiger partial charge in [0, 0.05) is 50.1 Å². The molecule has 0 bridgehead atoms. The Balaban J connectivity index is 1.43. The molecule has 0 unspecified atom stereocenters. The lowest BCUT2D eigenvalue weighted by Gasteiger charge is -2.41. The van der Waals surface area contributed by atoms with Crippen LogP contribution in [-0.4, -0.2) is 81.7 Å². The number of hydrogen-bond donors (Lipinski definition) is 3. The molecule has 11 nitrogen and oxygen atoms in total. The zero-order chi connectivity index (χ0) is 32.6. The van der Waals surface area contributed by atoms with Crippen molar-refractivity contribution in [1.82, 2.24) is 25.5 Å². The van der Waals surface area contributed by atoms with Gasteiger partial charge in [-0.05, 0) is 58.2 Å². The van der Waals surface area contributed by atoms with Crippen molar-refractivity contribution in [1.29, 1.82) is 0 Å². The van der Waals surface area contributed by atoms with Crippen molar-refractivity contribution < 1.29 is 23.9 Å². The van der Waals surface area contributed by atoms with Crippen LogP contribution in [0.25, 0.3) is 10.9 Å². The number of hydrogen-bond acceptors (Lipinski definition) is 6. The molecule has 0 radical (unpaired) electrons. The molecule has 0 aliphatic carbocycles. The number of H-pyrrole nitrogens is 1. The van der Waals surface area contributed by atoms with E-state index in [0.29, 0.717) is 19.4 Å². The van der Waals surface area contributed by atoms with E-state index in [4.69, 9.17) is 4.74 Å². The van der Waals surface area contributed by atoms with E-state index in [2.05, 4.69) is 20.7 Å². The molecule has 2 aliphatic rings. The summed E-state index contributed by atoms with van der Waals surface area (Å²) in [4.78, 5) is 59.3. The lowest BCUT2D eigenvalue weighted by Crippen LogP contribution is -2.62. The fraction of sp³-hybridized carbons (Fsp3) is 0.441. The average molecular weight is 615 g/mol. The van der Waals surface area contributed by atoms with Crippen LogP contribution in [0.3, 0.4) is 0 Å². The number of amides is 4. The van der Waals surface area contributed by atoms with Gasteiger partial charge >= 0.3 is 6.09 Å². The molecule has 3 aromatic rings. The van der Waals surface area contributed by atoms with Crippen molar-refractivity contribution in [3.63, 3.8) is 0 Å². The summed E-state index contributed by atoms with van der Waals surface area (Å²) in [6.45, 7) is 8.83. The molecule has 0 saturated carbocycles. The summed E-state index contributed by atoms with van der Waals surface area (Å²) in [6, 6.07) is 16.5. The molecular formula is C34H42N6O5. The summed E-state index contributed by atoms with van der Waals surface area (Å²) in [5.41, 5.74) is 0.389. The lowest BCUT2D eigenvalue weighted by atomic mass is 9.73. The number of piperidine rings is 1. The molecule has 2 aromatic carbocycles. The zero-order valence-corrected chi connectivity index (χ0v) is 26.8. The smallest absolute Gasteiger partial charge is 0.408 e. The summed E-state index contributed by atoms with van der Waals surface area (Å²) < 4.78 is 5.37. The molecule has 45 heavy (non-hydrogen) atoms. The first kappa shape index (κ1) is 31.7. The number of rotatable bonds is 8. The highest BCUT2D eigenvalue weighted by Crippen LogP contribution is 2.38. The molecule has 238 valence electrons. The van der Waals surface area contributed by atoms with Gasteiger partial charge in [-0.15, -0.1) is 0 Å². The van der Waals surface area contributed by atoms with E-state index < -0.39 is 34.6 Å². The second-order valence-corrected chi connectivity index (χ2v) is 13.5. The fourth-order valence-corrected chi connectivity index (χ4v) is 6.11. The quantitative estimate of drug-likeness (QED) is 0.355. The SMILES string of the molecule is CN1N=C2CCN(C(=O)[C@@H](Cc3c[nH]c4ccccc34)NC(=O)C(C)(C)NC(=O)OC(C)(C)C)C[C@@]2(Cc2ccccc2)C1=O. The van der Waals surface area contributed by atoms with Crippen molar-refractivity contribution in [3.8, 4) is 0 Å². The van der Waals surface area contributed by atoms with Gasteiger partial charge in [0.2, 0.25) is 11.8 Å². The molecule has 11 heteroatoms. The third-order valence-corrected chi connectivity index (χ3v) is 8.35. The van der Waals surface area contributed by atoms with Crippen LogP contribution in [-0.2, 0) is 32.0 Å². The van der Waals surface area contributed by atoms with Gasteiger partial charge in [-0.2, -0.15) is 5.10 Å². The molecule has 1 saturated heterocycles. The number of benzene rings is 2. The predicted octanol–water partition coefficient (Wildman–Crippen LogP) is 3.79. The fourth-order valence-electron chi connectivity index (χ4n) is 6.11. The van der Waals surface area contributed by atoms with E-state index >= 15 is 0 Å². The van der Waals surface area contributed by atoms with Gasteiger partial charge in [0.1, 0.15) is 22.6 Å². The average Bonchev–Trinajstić information content (AvgIpc) is 3.49. The summed E-state index contributed by atoms with van der Waals surface area (Å²) >= 11 is 0. The number of nitrogens with zero attached hydrogens (tertiary/aromatic N) is 3. The Hall–Kier alpha value is -4.67. The largest absolute Gasteiger partial charge is 0.444 e. The highest BCUT2D eigenvalue weighted by Gasteiger charge is 2.54. The summed E-state index contributed by atoms with van der Waals surface area (Å²) in [6.07, 6.45) is 2.15. The topological polar surface area (TPSA) is 136 Å². The van der Waals surface area contributed by atoms with E-state index in [1.165, 1.54) is 5.01 Å². The molecule has 3 N–H and O–H groups in total. The summed E-state index contributed by atoms with van der Waals surface area (Å²) in [7, 11) is 1.65. The van der Waals surface area contributed by atoms with Crippen LogP contribution >= 0.6 is 0 Å². The van der Waals surface area contributed by atoms with Gasteiger partial charge in [0.15, 0.2) is 0 Å². The van der Waals surface area contributed by atoms with E-state index in [9.17, 15) is 19.2 Å². The number of aromatic amines is 1. The molecule has 5 rings (SSSR count). The molecule has 2 aliphatic heterocycles. The van der Waals surface area contributed by atoms with Crippen molar-refractivity contribution in [3.05, 3.63) is 71.9 Å². The number of alkyl carbamates (subject to hydrolysis) is 1. The second kappa shape index (κ2) is 12.0. The van der Waals surface area contributed by atoms with E-state index in [1.54, 1.807) is 46.6 Å². The minimum atomic E-state index is -1.39. The first-order valence-corrected chi connectivity index (χ1v) is 15.2. The predicted molar refractivity (Wildman–Crippen MR) is 171 cm³/mol. The van der Waals surface area contributed by atoms with Gasteiger partial charge in [-0.25, -0.2) is 9.80 Å². The zero-order valence-electron chi connectivity index (χ0n) is 26.8. The Bertz CT molecular complexity index is 1640. The molecule has 3 heterocycles. The Morgan fingerprint density at radius 3 is 2.44 bits per heavy atom. The van der Waals surface area contributed by atoms with E-state index in [1.807, 2.05) is 60.8 Å². The number of aromatic nitrogens is 1. The van der Waals surface area contributed by atoms with Crippen LogP contribution in [0.1, 0.15) is 52.2 Å². The second-order valence-electron chi connectivity index (χ2n) is 13.5. The standard InChI is InChI=1S/C34H42N6O5/c1-32(2,3)45-31(44)37-33(4,5)29(42)36-26(18-23-20-35-25-15-11-10-14-24(23)25)28(41)40-17-16-27-34(21-40,30(43)39(6)38-27)19-22-12-8-7-9-13-22/h7-15,20,26,35H,16-19,21H2,1-6H3,(H,36,42)(H,37,44)/t26-,34-/m1/s1. The molecule has 0 spiro atoms. The number of likely N-dealkylation sites (tertiary alicyclic amines) is 1. The summed E-state index contributed by atoms with van der Waals surface area (Å²) in [5.74, 6) is -1.00. The number of carbonyl (C=O) groups excluding carboxylic acids is 4. The molecule has 4 amide bonds. The molecule has 1 aromatic heterocycles. The number of carbonyl (C=O) groups is 4. The van der Waals surface area contributed by atoms with Gasteiger partial charge in [0.25, 0.3) is 5.91 Å². The van der Waals surface area contributed by atoms with Gasteiger partial charge in [0.05, 0.1) is 5.71 Å². The lowest BCUT2D eigenvalue weighted by molar-refractivity contribution is -0.142. The summed E-state index contributed by atoms with van der Waals surface area (Å²) in [5, 5.41) is 12.4. The van der Waals surface area contributed by atoms with Crippen LogP contribution in [0.4, 0.5) is 4.79 Å². The normalized spacial score (nSPS) is 19.2. The van der Waals surface area contributed by atoms with E-state index in [-0.39, 0.29) is 24.8 Å². The van der Waals surface area contributed by atoms with Gasteiger partial charge < -0.3 is 25.3 Å². The van der Waals surface area contributed by atoms with Crippen molar-refractivity contribution in [2.75, 3.05) is 20.1 Å². The third kappa shape index (κ3) is 6.72. The van der Waals surface area contributed by atoms with Crippen LogP contribution in [0.15, 0.2) is 65.9 Å². The number of ether oxygens (including phenoxy) is 1. The van der Waals surface area contributed by atoms with Crippen molar-refractivity contribution in [2.24, 2.45) is 10.5 Å². The number of para-hydroxylation sites is 1. The number of nitrogens with one attached hydrogen (secondary N) is 3. The maximum atomic E-state index is 14.4. The molecule has 1 fully saturated rings. The van der Waals surface area contributed by atoms with Gasteiger partial charge in [-0.3, -0.25) is 14.4 Å². The molecular weight excluding hydrogens is 572 g/mol. The van der Waals surface area contributed by atoms with Crippen LogP contribution in [0.2, 0.25) is 0 Å². The monoisotopic (exact) mass is 614 g/mol. The number of hydrazone groups is 1. The van der Waals surface area contributed by atoms with Crippen molar-refractivity contribution >= 4 is 40.4 Å². The Morgan fingerprint density at radius 2 is 1.73 bits per heavy atom. The third-order valence-electron chi connectivity index (χ3n) is 8.35. The van der Waals surface area contributed by atoms with E-state index in [0.717, 1.165) is 27.7 Å². The maximum absolute atomic E-state index is 14.4. The Kier molecular flexibility index (Phi) is 8.48. The highest BCUT2D eigenvalue weighted by atomic mass is 16.6. The maximum Gasteiger partial charge on any atom is 0.408 e. The minimum absolute atomic E-state index is 0.141.